The Morgan fingerprint density at radius 3 is 1.67 bits per heavy atom. The molecule has 0 aliphatic heterocycles. The van der Waals surface area contributed by atoms with Gasteiger partial charge < -0.3 is 9.32 Å². The predicted molar refractivity (Wildman–Crippen MR) is 177 cm³/mol. The molecule has 0 fully saturated rings. The smallest absolute Gasteiger partial charge is 0.137 e. The summed E-state index contributed by atoms with van der Waals surface area (Å²) in [5.41, 5.74) is 3.37. The SMILES string of the molecule is [2H]c1c([2H])c([2H])c(-c2c([2H])c([2H])c3c([2H])c(-c4ccc5c(c4)oc4cc(N(c6ccccc6)c6ccccc6)ccc45)c([2H])c([2H])c3c2[2H])c([2H])c1[2H]. The van der Waals surface area contributed by atoms with Crippen molar-refractivity contribution in [1.82, 2.24) is 0 Å². The number of furan rings is 1. The average molecular weight is 549 g/mol. The molecule has 0 spiro atoms. The monoisotopic (exact) mass is 548 g/mol. The number of benzene rings is 7. The number of para-hydroxylation sites is 2. The largest absolute Gasteiger partial charge is 0.456 e. The fourth-order valence-electron chi connectivity index (χ4n) is 5.18. The first-order valence-electron chi connectivity index (χ1n) is 18.9. The maximum Gasteiger partial charge on any atom is 0.137 e. The first kappa shape index (κ1) is 15.4. The molecule has 0 bridgehead atoms. The van der Waals surface area contributed by atoms with Crippen LogP contribution in [0, 0.1) is 0 Å². The molecule has 8 rings (SSSR count). The van der Waals surface area contributed by atoms with E-state index in [4.69, 9.17) is 18.1 Å². The highest BCUT2D eigenvalue weighted by Gasteiger charge is 2.15. The topological polar surface area (TPSA) is 16.4 Å². The molecule has 2 heteroatoms. The van der Waals surface area contributed by atoms with Gasteiger partial charge in [-0.15, -0.1) is 0 Å². The third-order valence-electron chi connectivity index (χ3n) is 7.16. The molecule has 8 aromatic rings. The standard InChI is InChI=1S/C40H27NO/c1-4-10-28(11-5-1)29-16-17-31-25-32(19-18-30(31)24-29)33-20-22-37-38-23-21-36(27-40(38)42-39(37)26-33)41(34-12-6-2-7-13-34)35-14-8-3-9-15-35/h1-27H/i1D,4D,5D,10D,11D,16D,17D,18D,19D,24D,25D. The van der Waals surface area contributed by atoms with Gasteiger partial charge in [-0.1, -0.05) is 96.8 Å². The van der Waals surface area contributed by atoms with Crippen molar-refractivity contribution < 1.29 is 19.5 Å². The third kappa shape index (κ3) is 4.31. The molecule has 42 heavy (non-hydrogen) atoms. The van der Waals surface area contributed by atoms with Gasteiger partial charge in [-0.25, -0.2) is 0 Å². The zero-order valence-corrected chi connectivity index (χ0v) is 22.1. The number of anilines is 3. The second-order valence-electron chi connectivity index (χ2n) is 9.75. The van der Waals surface area contributed by atoms with Crippen LogP contribution in [0.15, 0.2) is 168 Å². The van der Waals surface area contributed by atoms with Crippen molar-refractivity contribution in [3.05, 3.63) is 164 Å². The van der Waals surface area contributed by atoms with E-state index in [1.165, 1.54) is 0 Å². The van der Waals surface area contributed by atoms with Gasteiger partial charge >= 0.3 is 0 Å². The second kappa shape index (κ2) is 10.1. The van der Waals surface area contributed by atoms with Gasteiger partial charge in [0.1, 0.15) is 11.2 Å². The zero-order valence-electron chi connectivity index (χ0n) is 33.1. The van der Waals surface area contributed by atoms with Gasteiger partial charge in [0.2, 0.25) is 0 Å². The van der Waals surface area contributed by atoms with Crippen LogP contribution in [0.4, 0.5) is 17.1 Å². The molecule has 2 nitrogen and oxygen atoms in total. The first-order chi connectivity index (χ1) is 25.4. The van der Waals surface area contributed by atoms with Gasteiger partial charge in [0.15, 0.2) is 0 Å². The van der Waals surface area contributed by atoms with Crippen molar-refractivity contribution >= 4 is 49.8 Å². The minimum atomic E-state index is -0.669. The van der Waals surface area contributed by atoms with Crippen LogP contribution in [0.2, 0.25) is 0 Å². The molecule has 0 amide bonds. The summed E-state index contributed by atoms with van der Waals surface area (Å²) < 4.78 is 101. The van der Waals surface area contributed by atoms with Crippen molar-refractivity contribution in [3.63, 3.8) is 0 Å². The van der Waals surface area contributed by atoms with E-state index in [2.05, 4.69) is 4.90 Å². The Morgan fingerprint density at radius 1 is 0.452 bits per heavy atom. The Hall–Kier alpha value is -5.60. The highest BCUT2D eigenvalue weighted by molar-refractivity contribution is 6.07. The maximum absolute atomic E-state index is 9.17. The molecule has 0 saturated heterocycles. The number of nitrogens with zero attached hydrogens (tertiary/aromatic N) is 1. The van der Waals surface area contributed by atoms with Crippen LogP contribution in [-0.2, 0) is 0 Å². The summed E-state index contributed by atoms with van der Waals surface area (Å²) in [7, 11) is 0. The molecule has 7 aromatic carbocycles. The highest BCUT2D eigenvalue weighted by atomic mass is 16.3. The Bertz CT molecular complexity index is 2730. The Labute approximate surface area is 260 Å². The van der Waals surface area contributed by atoms with Crippen LogP contribution < -0.4 is 4.90 Å². The molecule has 0 aliphatic carbocycles. The lowest BCUT2D eigenvalue weighted by Gasteiger charge is -2.25. The summed E-state index contributed by atoms with van der Waals surface area (Å²) >= 11 is 0. The number of hydrogen-bond acceptors (Lipinski definition) is 2. The lowest BCUT2D eigenvalue weighted by Crippen LogP contribution is -2.09. The Balaban J connectivity index is 1.29. The van der Waals surface area contributed by atoms with Crippen molar-refractivity contribution in [2.45, 2.75) is 0 Å². The van der Waals surface area contributed by atoms with Gasteiger partial charge in [0.05, 0.1) is 15.1 Å². The van der Waals surface area contributed by atoms with Gasteiger partial charge in [0.25, 0.3) is 0 Å². The molecule has 0 N–H and O–H groups in total. The first-order valence-corrected chi connectivity index (χ1v) is 13.4. The van der Waals surface area contributed by atoms with Crippen molar-refractivity contribution in [1.29, 1.82) is 0 Å². The van der Waals surface area contributed by atoms with Crippen LogP contribution in [0.3, 0.4) is 0 Å². The van der Waals surface area contributed by atoms with Gasteiger partial charge in [-0.2, -0.15) is 0 Å². The molecule has 0 unspecified atom stereocenters. The van der Waals surface area contributed by atoms with Crippen LogP contribution in [0.5, 0.6) is 0 Å². The van der Waals surface area contributed by atoms with Crippen LogP contribution in [0.1, 0.15) is 15.1 Å². The minimum absolute atomic E-state index is 0.00716. The molecule has 198 valence electrons. The molecule has 0 radical (unpaired) electrons. The normalized spacial score (nSPS) is 15.0. The van der Waals surface area contributed by atoms with Gasteiger partial charge in [-0.3, -0.25) is 0 Å². The van der Waals surface area contributed by atoms with E-state index in [0.29, 0.717) is 16.7 Å². The summed E-state index contributed by atoms with van der Waals surface area (Å²) in [6.07, 6.45) is 0. The zero-order chi connectivity index (χ0) is 37.5. The lowest BCUT2D eigenvalue weighted by atomic mass is 9.97. The van der Waals surface area contributed by atoms with E-state index in [9.17, 15) is 1.37 Å². The summed E-state index contributed by atoms with van der Waals surface area (Å²) in [5, 5.41) is 1.13. The second-order valence-corrected chi connectivity index (χ2v) is 9.75. The Kier molecular flexibility index (Phi) is 3.71. The third-order valence-corrected chi connectivity index (χ3v) is 7.16. The van der Waals surface area contributed by atoms with Crippen LogP contribution in [-0.4, -0.2) is 0 Å². The maximum atomic E-state index is 9.17. The van der Waals surface area contributed by atoms with E-state index >= 15 is 0 Å². The number of rotatable bonds is 5. The van der Waals surface area contributed by atoms with Crippen molar-refractivity contribution in [2.75, 3.05) is 4.90 Å². The van der Waals surface area contributed by atoms with Gasteiger partial charge in [-0.05, 0) is 93.6 Å². The molecule has 0 aliphatic rings. The van der Waals surface area contributed by atoms with Crippen molar-refractivity contribution in [2.24, 2.45) is 0 Å². The molecular formula is C40H27NO. The summed E-state index contributed by atoms with van der Waals surface area (Å²) in [5.74, 6) is 0. The fourth-order valence-corrected chi connectivity index (χ4v) is 5.18. The molecule has 0 saturated carbocycles. The quantitative estimate of drug-likeness (QED) is 0.213. The summed E-state index contributed by atoms with van der Waals surface area (Å²) in [6.45, 7) is 0. The summed E-state index contributed by atoms with van der Waals surface area (Å²) in [4.78, 5) is 2.12. The number of fused-ring (bicyclic) bond motifs is 4. The fraction of sp³-hybridized carbons (Fsp3) is 0. The van der Waals surface area contributed by atoms with E-state index in [1.807, 2.05) is 84.9 Å². The molecular weight excluding hydrogens is 510 g/mol. The van der Waals surface area contributed by atoms with Gasteiger partial charge in [0, 0.05) is 33.9 Å². The molecule has 1 heterocycles. The van der Waals surface area contributed by atoms with E-state index in [-0.39, 0.29) is 22.4 Å². The van der Waals surface area contributed by atoms with E-state index in [0.717, 1.165) is 27.8 Å². The lowest BCUT2D eigenvalue weighted by molar-refractivity contribution is 0.669. The molecule has 1 aromatic heterocycles. The summed E-state index contributed by atoms with van der Waals surface area (Å²) in [6, 6.07) is 24.7. The van der Waals surface area contributed by atoms with Crippen molar-refractivity contribution in [3.8, 4) is 22.3 Å². The molecule has 0 atom stereocenters. The Morgan fingerprint density at radius 2 is 1.02 bits per heavy atom. The van der Waals surface area contributed by atoms with E-state index < -0.39 is 71.6 Å². The van der Waals surface area contributed by atoms with Crippen LogP contribution in [0.25, 0.3) is 55.0 Å². The average Bonchev–Trinajstić information content (AvgIpc) is 3.53. The number of hydrogen-bond donors (Lipinski definition) is 0. The predicted octanol–water partition coefficient (Wildman–Crippen LogP) is 11.5. The van der Waals surface area contributed by atoms with E-state index in [1.54, 1.807) is 12.1 Å². The van der Waals surface area contributed by atoms with Crippen LogP contribution >= 0.6 is 0 Å². The minimum Gasteiger partial charge on any atom is -0.456 e. The highest BCUT2D eigenvalue weighted by Crippen LogP contribution is 2.39.